The molecule has 1 rings (SSSR count). The maximum absolute atomic E-state index is 10.4. The van der Waals surface area contributed by atoms with Crippen molar-refractivity contribution in [1.82, 2.24) is 4.98 Å². The lowest BCUT2D eigenvalue weighted by molar-refractivity contribution is -0.142. The summed E-state index contributed by atoms with van der Waals surface area (Å²) >= 11 is 1.12. The fourth-order valence-corrected chi connectivity index (χ4v) is 1.21. The third kappa shape index (κ3) is 3.35. The second-order valence-electron chi connectivity index (χ2n) is 2.28. The normalized spacial score (nSPS) is 11.1. The largest absolute Gasteiger partial charge is 0.479 e. The van der Waals surface area contributed by atoms with Gasteiger partial charge in [0, 0.05) is 5.38 Å². The zero-order valence-corrected chi connectivity index (χ0v) is 8.15. The quantitative estimate of drug-likeness (QED) is 0.525. The number of aliphatic carboxylic acids is 1. The Labute approximate surface area is 88.2 Å². The van der Waals surface area contributed by atoms with E-state index in [9.17, 15) is 9.59 Å². The van der Waals surface area contributed by atoms with Gasteiger partial charge in [0.25, 0.3) is 6.29 Å². The van der Waals surface area contributed by atoms with Crippen molar-refractivity contribution in [3.8, 4) is 0 Å². The predicted octanol–water partition coefficient (Wildman–Crippen LogP) is -0.360. The number of anilines is 1. The first kappa shape index (κ1) is 11.1. The molecule has 0 fully saturated rings. The number of carboxylic acid groups (broad SMARTS) is 1. The molecule has 0 aliphatic carbocycles. The third-order valence-corrected chi connectivity index (χ3v) is 1.88. The van der Waals surface area contributed by atoms with E-state index in [4.69, 9.17) is 10.8 Å². The van der Waals surface area contributed by atoms with Crippen LogP contribution in [-0.4, -0.2) is 34.7 Å². The lowest BCUT2D eigenvalue weighted by atomic mass is 10.3. The molecule has 8 heteroatoms. The number of carbonyl (C=O) groups is 1. The molecule has 0 aliphatic heterocycles. The number of nitrogen functional groups attached to an aromatic ring is 1. The van der Waals surface area contributed by atoms with Crippen LogP contribution in [0.4, 0.5) is 5.13 Å². The maximum atomic E-state index is 10.4. The highest BCUT2D eigenvalue weighted by Crippen LogP contribution is 2.11. The van der Waals surface area contributed by atoms with E-state index < -0.39 is 12.6 Å². The lowest BCUT2D eigenvalue weighted by Crippen LogP contribution is -2.08. The number of carbonyl (C=O) groups excluding carboxylic acids is 1. The third-order valence-electron chi connectivity index (χ3n) is 1.21. The van der Waals surface area contributed by atoms with Crippen LogP contribution < -0.4 is 5.73 Å². The molecule has 0 saturated heterocycles. The van der Waals surface area contributed by atoms with Gasteiger partial charge in [0.15, 0.2) is 10.8 Å². The molecule has 15 heavy (non-hydrogen) atoms. The monoisotopic (exact) mass is 228 g/mol. The van der Waals surface area contributed by atoms with Gasteiger partial charge in [-0.15, -0.1) is 11.3 Å². The second kappa shape index (κ2) is 5.05. The standard InChI is InChI=1S/C7H6N3O4S/c8-7-9-5(3-15-7)4(1-11)10-14-2-6(12)13/h3H,2H2,(H2,8,9)(H,12,13). The first-order chi connectivity index (χ1) is 7.13. The Balaban J connectivity index is 2.71. The van der Waals surface area contributed by atoms with Gasteiger partial charge < -0.3 is 15.7 Å². The Hall–Kier alpha value is -1.96. The summed E-state index contributed by atoms with van der Waals surface area (Å²) in [5.74, 6) is -1.19. The molecule has 1 aromatic rings. The minimum absolute atomic E-state index is 0.206. The number of oxime groups is 1. The van der Waals surface area contributed by atoms with Crippen LogP contribution >= 0.6 is 11.3 Å². The Morgan fingerprint density at radius 2 is 2.53 bits per heavy atom. The van der Waals surface area contributed by atoms with E-state index in [1.807, 2.05) is 0 Å². The molecular formula is C7H6N3O4S. The summed E-state index contributed by atoms with van der Waals surface area (Å²) in [4.78, 5) is 28.6. The van der Waals surface area contributed by atoms with E-state index in [1.54, 1.807) is 0 Å². The Morgan fingerprint density at radius 1 is 1.80 bits per heavy atom. The first-order valence-electron chi connectivity index (χ1n) is 3.64. The van der Waals surface area contributed by atoms with Crippen LogP contribution in [0.25, 0.3) is 0 Å². The van der Waals surface area contributed by atoms with Crippen molar-refractivity contribution in [2.45, 2.75) is 0 Å². The van der Waals surface area contributed by atoms with Gasteiger partial charge >= 0.3 is 5.97 Å². The number of aromatic nitrogens is 1. The van der Waals surface area contributed by atoms with Crippen molar-refractivity contribution in [3.63, 3.8) is 0 Å². The predicted molar refractivity (Wildman–Crippen MR) is 52.3 cm³/mol. The number of hydrogen-bond donors (Lipinski definition) is 2. The van der Waals surface area contributed by atoms with Gasteiger partial charge in [0.1, 0.15) is 5.69 Å². The summed E-state index contributed by atoms with van der Waals surface area (Å²) in [5, 5.41) is 13.3. The zero-order chi connectivity index (χ0) is 11.3. The van der Waals surface area contributed by atoms with Crippen LogP contribution in [0.1, 0.15) is 5.69 Å². The highest BCUT2D eigenvalue weighted by molar-refractivity contribution is 7.13. The molecule has 0 spiro atoms. The summed E-state index contributed by atoms with van der Waals surface area (Å²) in [5.41, 5.74) is 5.32. The van der Waals surface area contributed by atoms with Gasteiger partial charge in [-0.25, -0.2) is 9.78 Å². The summed E-state index contributed by atoms with van der Waals surface area (Å²) in [6.45, 7) is -0.634. The number of thiazole rings is 1. The molecule has 0 aromatic carbocycles. The average Bonchev–Trinajstić information content (AvgIpc) is 2.59. The van der Waals surface area contributed by atoms with Gasteiger partial charge in [-0.2, -0.15) is 0 Å². The fourth-order valence-electron chi connectivity index (χ4n) is 0.666. The molecule has 0 amide bonds. The van der Waals surface area contributed by atoms with Gasteiger partial charge in [-0.05, 0) is 0 Å². The summed E-state index contributed by atoms with van der Waals surface area (Å²) in [6, 6.07) is 0. The van der Waals surface area contributed by atoms with Gasteiger partial charge in [0.2, 0.25) is 6.61 Å². The van der Waals surface area contributed by atoms with Crippen molar-refractivity contribution in [2.24, 2.45) is 5.16 Å². The van der Waals surface area contributed by atoms with Crippen LogP contribution in [0.15, 0.2) is 10.5 Å². The Kier molecular flexibility index (Phi) is 3.75. The minimum atomic E-state index is -1.19. The van der Waals surface area contributed by atoms with Crippen molar-refractivity contribution in [3.05, 3.63) is 11.1 Å². The minimum Gasteiger partial charge on any atom is -0.479 e. The van der Waals surface area contributed by atoms with Crippen molar-refractivity contribution >= 4 is 34.4 Å². The van der Waals surface area contributed by atoms with E-state index >= 15 is 0 Å². The number of rotatable bonds is 5. The Morgan fingerprint density at radius 3 is 3.00 bits per heavy atom. The topological polar surface area (TPSA) is 115 Å². The molecule has 1 aromatic heterocycles. The van der Waals surface area contributed by atoms with Crippen LogP contribution in [0.3, 0.4) is 0 Å². The van der Waals surface area contributed by atoms with E-state index in [1.165, 1.54) is 11.7 Å². The van der Waals surface area contributed by atoms with E-state index in [0.717, 1.165) is 11.3 Å². The molecular weight excluding hydrogens is 222 g/mol. The highest BCUT2D eigenvalue weighted by atomic mass is 32.1. The Bertz CT molecular complexity index is 401. The average molecular weight is 228 g/mol. The molecule has 0 aliphatic rings. The van der Waals surface area contributed by atoms with E-state index in [2.05, 4.69) is 15.0 Å². The van der Waals surface area contributed by atoms with Gasteiger partial charge in [0.05, 0.1) is 0 Å². The molecule has 0 bridgehead atoms. The number of carboxylic acids is 1. The van der Waals surface area contributed by atoms with Crippen molar-refractivity contribution in [1.29, 1.82) is 0 Å². The molecule has 0 atom stereocenters. The lowest BCUT2D eigenvalue weighted by Gasteiger charge is -1.94. The summed E-state index contributed by atoms with van der Waals surface area (Å²) < 4.78 is 0. The van der Waals surface area contributed by atoms with Crippen LogP contribution in [-0.2, 0) is 14.4 Å². The van der Waals surface area contributed by atoms with Gasteiger partial charge in [-0.1, -0.05) is 5.16 Å². The summed E-state index contributed by atoms with van der Waals surface area (Å²) in [7, 11) is 0. The van der Waals surface area contributed by atoms with Crippen LogP contribution in [0.2, 0.25) is 0 Å². The molecule has 7 nitrogen and oxygen atoms in total. The van der Waals surface area contributed by atoms with Crippen molar-refractivity contribution < 1.29 is 19.5 Å². The maximum Gasteiger partial charge on any atom is 0.344 e. The summed E-state index contributed by atoms with van der Waals surface area (Å²) in [6.07, 6.45) is 1.48. The van der Waals surface area contributed by atoms with Gasteiger partial charge in [-0.3, -0.25) is 4.79 Å². The van der Waals surface area contributed by atoms with Crippen molar-refractivity contribution in [2.75, 3.05) is 12.3 Å². The number of hydrogen-bond acceptors (Lipinski definition) is 7. The number of nitrogens with zero attached hydrogens (tertiary/aromatic N) is 2. The zero-order valence-electron chi connectivity index (χ0n) is 7.34. The second-order valence-corrected chi connectivity index (χ2v) is 3.17. The molecule has 0 saturated carbocycles. The molecule has 1 radical (unpaired) electrons. The smallest absolute Gasteiger partial charge is 0.344 e. The number of nitrogens with two attached hydrogens (primary N) is 1. The molecule has 3 N–H and O–H groups in total. The van der Waals surface area contributed by atoms with Crippen LogP contribution in [0.5, 0.6) is 0 Å². The van der Waals surface area contributed by atoms with E-state index in [0.29, 0.717) is 0 Å². The highest BCUT2D eigenvalue weighted by Gasteiger charge is 2.09. The van der Waals surface area contributed by atoms with Crippen LogP contribution in [0, 0.1) is 0 Å². The fraction of sp³-hybridized carbons (Fsp3) is 0.143. The first-order valence-corrected chi connectivity index (χ1v) is 4.52. The molecule has 0 unspecified atom stereocenters. The SMILES string of the molecule is Nc1nc(C([C]=O)=NOCC(=O)O)cs1. The molecule has 1 heterocycles. The molecule has 79 valence electrons. The van der Waals surface area contributed by atoms with E-state index in [-0.39, 0.29) is 16.5 Å².